The number of anilines is 2. The van der Waals surface area contributed by atoms with Crippen molar-refractivity contribution in [2.45, 2.75) is 19.8 Å². The van der Waals surface area contributed by atoms with Crippen LogP contribution in [0.5, 0.6) is 0 Å². The molecule has 0 bridgehead atoms. The van der Waals surface area contributed by atoms with Crippen LogP contribution in [0.2, 0.25) is 0 Å². The third-order valence-electron chi connectivity index (χ3n) is 4.70. The molecule has 1 fully saturated rings. The van der Waals surface area contributed by atoms with Crippen molar-refractivity contribution in [1.29, 1.82) is 0 Å². The van der Waals surface area contributed by atoms with Crippen molar-refractivity contribution in [3.05, 3.63) is 58.1 Å². The van der Waals surface area contributed by atoms with E-state index in [4.69, 9.17) is 0 Å². The standard InChI is InChI=1S/C20H21BrN2O2/c1-14-2-5-17(12-19(14)21)22-20(25)16-8-10-23(11-9-16)18-6-3-15(13-24)4-7-18/h2-7,12-13,16H,8-11H2,1H3,(H,22,25). The molecule has 3 rings (SSSR count). The molecule has 0 atom stereocenters. The number of hydrogen-bond donors (Lipinski definition) is 1. The van der Waals surface area contributed by atoms with Crippen LogP contribution in [0.1, 0.15) is 28.8 Å². The SMILES string of the molecule is Cc1ccc(NC(=O)C2CCN(c3ccc(C=O)cc3)CC2)cc1Br. The summed E-state index contributed by atoms with van der Waals surface area (Å²) < 4.78 is 0.999. The molecule has 0 unspecified atom stereocenters. The average Bonchev–Trinajstić information content (AvgIpc) is 2.65. The summed E-state index contributed by atoms with van der Waals surface area (Å²) in [6, 6.07) is 13.5. The van der Waals surface area contributed by atoms with Crippen LogP contribution in [-0.4, -0.2) is 25.3 Å². The van der Waals surface area contributed by atoms with E-state index in [9.17, 15) is 9.59 Å². The minimum absolute atomic E-state index is 0.0329. The average molecular weight is 401 g/mol. The Bertz CT molecular complexity index is 766. The van der Waals surface area contributed by atoms with Gasteiger partial charge in [-0.15, -0.1) is 0 Å². The van der Waals surface area contributed by atoms with Crippen molar-refractivity contribution < 1.29 is 9.59 Å². The summed E-state index contributed by atoms with van der Waals surface area (Å²) in [5, 5.41) is 3.02. The molecule has 0 spiro atoms. The summed E-state index contributed by atoms with van der Waals surface area (Å²) in [6.07, 6.45) is 2.51. The normalized spacial score (nSPS) is 15.0. The van der Waals surface area contributed by atoms with E-state index in [1.165, 1.54) is 0 Å². The van der Waals surface area contributed by atoms with E-state index in [2.05, 4.69) is 26.1 Å². The molecule has 0 aromatic heterocycles. The second-order valence-corrected chi connectivity index (χ2v) is 7.28. The Labute approximate surface area is 156 Å². The third-order valence-corrected chi connectivity index (χ3v) is 5.55. The highest BCUT2D eigenvalue weighted by molar-refractivity contribution is 9.10. The molecule has 2 aromatic rings. The summed E-state index contributed by atoms with van der Waals surface area (Å²) in [7, 11) is 0. The predicted molar refractivity (Wildman–Crippen MR) is 104 cm³/mol. The first-order valence-electron chi connectivity index (χ1n) is 8.44. The minimum Gasteiger partial charge on any atom is -0.371 e. The van der Waals surface area contributed by atoms with Gasteiger partial charge in [0.05, 0.1) is 0 Å². The fourth-order valence-electron chi connectivity index (χ4n) is 3.08. The van der Waals surface area contributed by atoms with E-state index in [-0.39, 0.29) is 11.8 Å². The minimum atomic E-state index is 0.0329. The molecule has 0 saturated carbocycles. The number of aryl methyl sites for hydroxylation is 1. The molecule has 1 N–H and O–H groups in total. The van der Waals surface area contributed by atoms with Crippen LogP contribution in [0.15, 0.2) is 46.9 Å². The van der Waals surface area contributed by atoms with Gasteiger partial charge in [0.25, 0.3) is 0 Å². The molecule has 0 aliphatic carbocycles. The molecule has 1 aliphatic rings. The smallest absolute Gasteiger partial charge is 0.227 e. The number of nitrogens with one attached hydrogen (secondary N) is 1. The molecule has 1 amide bonds. The van der Waals surface area contributed by atoms with Gasteiger partial charge in [-0.1, -0.05) is 22.0 Å². The van der Waals surface area contributed by atoms with Crippen LogP contribution < -0.4 is 10.2 Å². The number of hydrogen-bond acceptors (Lipinski definition) is 3. The highest BCUT2D eigenvalue weighted by atomic mass is 79.9. The zero-order valence-corrected chi connectivity index (χ0v) is 15.8. The maximum absolute atomic E-state index is 12.5. The number of carbonyl (C=O) groups excluding carboxylic acids is 2. The monoisotopic (exact) mass is 400 g/mol. The molecule has 1 saturated heterocycles. The van der Waals surface area contributed by atoms with Crippen LogP contribution in [0.4, 0.5) is 11.4 Å². The van der Waals surface area contributed by atoms with Gasteiger partial charge in [0.2, 0.25) is 5.91 Å². The van der Waals surface area contributed by atoms with E-state index in [1.807, 2.05) is 49.4 Å². The predicted octanol–water partition coefficient (Wildman–Crippen LogP) is 4.43. The Balaban J connectivity index is 1.56. The van der Waals surface area contributed by atoms with Crippen molar-refractivity contribution in [3.8, 4) is 0 Å². The number of piperidine rings is 1. The highest BCUT2D eigenvalue weighted by Crippen LogP contribution is 2.26. The Morgan fingerprint density at radius 2 is 1.84 bits per heavy atom. The van der Waals surface area contributed by atoms with Gasteiger partial charge in [0, 0.05) is 40.4 Å². The summed E-state index contributed by atoms with van der Waals surface area (Å²) in [4.78, 5) is 25.5. The van der Waals surface area contributed by atoms with E-state index >= 15 is 0 Å². The van der Waals surface area contributed by atoms with Crippen LogP contribution in [0, 0.1) is 12.8 Å². The fraction of sp³-hybridized carbons (Fsp3) is 0.300. The lowest BCUT2D eigenvalue weighted by Crippen LogP contribution is -2.38. The molecule has 25 heavy (non-hydrogen) atoms. The molecule has 2 aromatic carbocycles. The second kappa shape index (κ2) is 7.83. The molecule has 1 heterocycles. The summed E-state index contributed by atoms with van der Waals surface area (Å²) >= 11 is 3.50. The van der Waals surface area contributed by atoms with Gasteiger partial charge in [0.15, 0.2) is 0 Å². The number of rotatable bonds is 4. The molecule has 1 aliphatic heterocycles. The van der Waals surface area contributed by atoms with Crippen molar-refractivity contribution in [2.75, 3.05) is 23.3 Å². The van der Waals surface area contributed by atoms with Crippen molar-refractivity contribution >= 4 is 39.5 Å². The van der Waals surface area contributed by atoms with Gasteiger partial charge >= 0.3 is 0 Å². The van der Waals surface area contributed by atoms with E-state index in [0.717, 1.165) is 53.6 Å². The lowest BCUT2D eigenvalue weighted by Gasteiger charge is -2.33. The van der Waals surface area contributed by atoms with Crippen LogP contribution in [-0.2, 0) is 4.79 Å². The number of aldehydes is 1. The van der Waals surface area contributed by atoms with Gasteiger partial charge in [-0.2, -0.15) is 0 Å². The van der Waals surface area contributed by atoms with Gasteiger partial charge in [-0.05, 0) is 61.7 Å². The van der Waals surface area contributed by atoms with Crippen LogP contribution in [0.3, 0.4) is 0 Å². The maximum Gasteiger partial charge on any atom is 0.227 e. The summed E-state index contributed by atoms with van der Waals surface area (Å²) in [6.45, 7) is 3.71. The number of carbonyl (C=O) groups is 2. The van der Waals surface area contributed by atoms with Crippen LogP contribution in [0.25, 0.3) is 0 Å². The van der Waals surface area contributed by atoms with Gasteiger partial charge in [0.1, 0.15) is 6.29 Å². The maximum atomic E-state index is 12.5. The lowest BCUT2D eigenvalue weighted by atomic mass is 9.95. The number of amides is 1. The zero-order valence-electron chi connectivity index (χ0n) is 14.2. The van der Waals surface area contributed by atoms with Gasteiger partial charge in [-0.3, -0.25) is 9.59 Å². The van der Waals surface area contributed by atoms with Gasteiger partial charge in [-0.25, -0.2) is 0 Å². The zero-order chi connectivity index (χ0) is 17.8. The fourth-order valence-corrected chi connectivity index (χ4v) is 3.46. The first-order chi connectivity index (χ1) is 12.1. The Morgan fingerprint density at radius 3 is 2.44 bits per heavy atom. The quantitative estimate of drug-likeness (QED) is 0.772. The van der Waals surface area contributed by atoms with E-state index in [1.54, 1.807) is 0 Å². The summed E-state index contributed by atoms with van der Waals surface area (Å²) in [5.74, 6) is 0.122. The first kappa shape index (κ1) is 17.7. The largest absolute Gasteiger partial charge is 0.371 e. The van der Waals surface area contributed by atoms with Crippen molar-refractivity contribution in [2.24, 2.45) is 5.92 Å². The second-order valence-electron chi connectivity index (χ2n) is 6.42. The highest BCUT2D eigenvalue weighted by Gasteiger charge is 2.25. The first-order valence-corrected chi connectivity index (χ1v) is 9.23. The Morgan fingerprint density at radius 1 is 1.16 bits per heavy atom. The van der Waals surface area contributed by atoms with Crippen LogP contribution >= 0.6 is 15.9 Å². The van der Waals surface area contributed by atoms with E-state index in [0.29, 0.717) is 5.56 Å². The third kappa shape index (κ3) is 4.28. The van der Waals surface area contributed by atoms with Crippen molar-refractivity contribution in [3.63, 3.8) is 0 Å². The number of halogens is 1. The molecular weight excluding hydrogens is 380 g/mol. The molecular formula is C20H21BrN2O2. The van der Waals surface area contributed by atoms with Gasteiger partial charge < -0.3 is 10.2 Å². The number of benzene rings is 2. The molecule has 4 nitrogen and oxygen atoms in total. The molecule has 0 radical (unpaired) electrons. The van der Waals surface area contributed by atoms with E-state index < -0.39 is 0 Å². The Kier molecular flexibility index (Phi) is 5.53. The topological polar surface area (TPSA) is 49.4 Å². The van der Waals surface area contributed by atoms with Crippen molar-refractivity contribution in [1.82, 2.24) is 0 Å². The number of nitrogens with zero attached hydrogens (tertiary/aromatic N) is 1. The Hall–Kier alpha value is -2.14. The molecule has 5 heteroatoms. The lowest BCUT2D eigenvalue weighted by molar-refractivity contribution is -0.120. The summed E-state index contributed by atoms with van der Waals surface area (Å²) in [5.41, 5.74) is 3.76. The molecule has 130 valence electrons.